The van der Waals surface area contributed by atoms with E-state index in [1.165, 1.54) is 12.1 Å². The molecule has 0 unspecified atom stereocenters. The van der Waals surface area contributed by atoms with E-state index in [1.807, 2.05) is 0 Å². The van der Waals surface area contributed by atoms with Gasteiger partial charge >= 0.3 is 57.4 Å². The van der Waals surface area contributed by atoms with E-state index in [2.05, 4.69) is 0 Å². The Kier molecular flexibility index (Phi) is 5.45. The standard InChI is InChI=1S/C7H6O5S.K.H/c8-7(9)5-3-1-2-4-6(5)13(10,11)12;;/h1-4H,(H,8,9)(H,10,11,12);;/q;+1;-1. The van der Waals surface area contributed by atoms with Gasteiger partial charge in [0.05, 0.1) is 5.56 Å². The van der Waals surface area contributed by atoms with Gasteiger partial charge in [-0.2, -0.15) is 8.42 Å². The molecule has 1 rings (SSSR count). The number of benzene rings is 1. The average Bonchev–Trinajstić information content (AvgIpc) is 2.03. The van der Waals surface area contributed by atoms with Crippen LogP contribution in [-0.4, -0.2) is 24.0 Å². The summed E-state index contributed by atoms with van der Waals surface area (Å²) in [5, 5.41) is 8.55. The molecule has 72 valence electrons. The number of carbonyl (C=O) groups is 1. The van der Waals surface area contributed by atoms with Gasteiger partial charge in [0, 0.05) is 0 Å². The monoisotopic (exact) mass is 242 g/mol. The molecule has 0 aliphatic rings. The third-order valence-electron chi connectivity index (χ3n) is 1.40. The van der Waals surface area contributed by atoms with Gasteiger partial charge in [0.1, 0.15) is 4.90 Å². The van der Waals surface area contributed by atoms with Gasteiger partial charge in [0.25, 0.3) is 10.1 Å². The zero-order valence-electron chi connectivity index (χ0n) is 8.34. The van der Waals surface area contributed by atoms with Crippen molar-refractivity contribution >= 4 is 16.1 Å². The topological polar surface area (TPSA) is 91.7 Å². The van der Waals surface area contributed by atoms with Gasteiger partial charge < -0.3 is 6.53 Å². The largest absolute Gasteiger partial charge is 1.00 e. The van der Waals surface area contributed by atoms with E-state index in [1.54, 1.807) is 0 Å². The van der Waals surface area contributed by atoms with Crippen LogP contribution in [0.2, 0.25) is 0 Å². The second-order valence-corrected chi connectivity index (χ2v) is 3.67. The van der Waals surface area contributed by atoms with Crippen LogP contribution in [0.25, 0.3) is 0 Å². The van der Waals surface area contributed by atoms with Crippen LogP contribution in [0.15, 0.2) is 29.2 Å². The van der Waals surface area contributed by atoms with Crippen molar-refractivity contribution in [2.45, 2.75) is 4.90 Å². The van der Waals surface area contributed by atoms with E-state index in [0.717, 1.165) is 12.1 Å². The third-order valence-corrected chi connectivity index (χ3v) is 2.31. The predicted molar refractivity (Wildman–Crippen MR) is 44.3 cm³/mol. The van der Waals surface area contributed by atoms with Crippen LogP contribution in [0.5, 0.6) is 0 Å². The first kappa shape index (κ1) is 14.2. The van der Waals surface area contributed by atoms with Crippen molar-refractivity contribution in [3.63, 3.8) is 0 Å². The van der Waals surface area contributed by atoms with Crippen molar-refractivity contribution in [2.24, 2.45) is 0 Å². The maximum atomic E-state index is 10.7. The fourth-order valence-corrected chi connectivity index (χ4v) is 1.55. The van der Waals surface area contributed by atoms with Gasteiger partial charge in [0.2, 0.25) is 0 Å². The summed E-state index contributed by atoms with van der Waals surface area (Å²) in [6.45, 7) is 0. The molecule has 0 spiro atoms. The van der Waals surface area contributed by atoms with Crippen molar-refractivity contribution < 1.29 is 75.7 Å². The molecule has 1 aromatic carbocycles. The average molecular weight is 242 g/mol. The molecule has 0 fully saturated rings. The van der Waals surface area contributed by atoms with Gasteiger partial charge in [-0.3, -0.25) is 4.55 Å². The Bertz CT molecular complexity index is 444. The normalized spacial score (nSPS) is 10.4. The number of hydrogen-bond acceptors (Lipinski definition) is 3. The molecule has 0 saturated carbocycles. The van der Waals surface area contributed by atoms with Crippen LogP contribution in [0, 0.1) is 0 Å². The van der Waals surface area contributed by atoms with E-state index in [4.69, 9.17) is 9.66 Å². The molecule has 0 atom stereocenters. The molecule has 2 N–H and O–H groups in total. The summed E-state index contributed by atoms with van der Waals surface area (Å²) in [7, 11) is -4.46. The predicted octanol–water partition coefficient (Wildman–Crippen LogP) is -2.25. The van der Waals surface area contributed by atoms with Gasteiger partial charge in [-0.25, -0.2) is 4.79 Å². The molecular weight excluding hydrogens is 235 g/mol. The summed E-state index contributed by atoms with van der Waals surface area (Å²) in [6.07, 6.45) is 0. The summed E-state index contributed by atoms with van der Waals surface area (Å²) >= 11 is 0. The molecule has 0 radical (unpaired) electrons. The van der Waals surface area contributed by atoms with Crippen LogP contribution in [0.3, 0.4) is 0 Å². The zero-order valence-corrected chi connectivity index (χ0v) is 11.3. The second kappa shape index (κ2) is 5.36. The molecule has 0 aliphatic heterocycles. The van der Waals surface area contributed by atoms with Gasteiger partial charge in [-0.05, 0) is 12.1 Å². The minimum absolute atomic E-state index is 0. The van der Waals surface area contributed by atoms with Crippen molar-refractivity contribution in [1.82, 2.24) is 0 Å². The van der Waals surface area contributed by atoms with E-state index in [0.29, 0.717) is 0 Å². The van der Waals surface area contributed by atoms with Crippen molar-refractivity contribution in [1.29, 1.82) is 0 Å². The van der Waals surface area contributed by atoms with Crippen LogP contribution in [0.4, 0.5) is 0 Å². The molecule has 0 aromatic heterocycles. The first-order valence-corrected chi connectivity index (χ1v) is 4.67. The molecule has 5 nitrogen and oxygen atoms in total. The van der Waals surface area contributed by atoms with Gasteiger partial charge in [0.15, 0.2) is 0 Å². The second-order valence-electron chi connectivity index (χ2n) is 2.28. The first-order valence-electron chi connectivity index (χ1n) is 3.23. The Hall–Kier alpha value is 0.236. The van der Waals surface area contributed by atoms with E-state index in [9.17, 15) is 13.2 Å². The minimum atomic E-state index is -4.46. The molecule has 0 aliphatic carbocycles. The third kappa shape index (κ3) is 3.43. The molecule has 0 amide bonds. The maximum absolute atomic E-state index is 10.7. The number of carboxylic acid groups (broad SMARTS) is 1. The van der Waals surface area contributed by atoms with E-state index >= 15 is 0 Å². The summed E-state index contributed by atoms with van der Waals surface area (Å²) in [4.78, 5) is 9.90. The Labute approximate surface area is 125 Å². The van der Waals surface area contributed by atoms with E-state index in [-0.39, 0.29) is 52.8 Å². The summed E-state index contributed by atoms with van der Waals surface area (Å²) in [5.41, 5.74) is -0.440. The number of rotatable bonds is 2. The number of carboxylic acids is 1. The Morgan fingerprint density at radius 1 is 1.29 bits per heavy atom. The number of hydrogen-bond donors (Lipinski definition) is 2. The van der Waals surface area contributed by atoms with Crippen molar-refractivity contribution in [3.8, 4) is 0 Å². The van der Waals surface area contributed by atoms with Crippen LogP contribution < -0.4 is 51.4 Å². The smallest absolute Gasteiger partial charge is 1.00 e. The van der Waals surface area contributed by atoms with Gasteiger partial charge in [-0.15, -0.1) is 0 Å². The maximum Gasteiger partial charge on any atom is 1.00 e. The molecule has 14 heavy (non-hydrogen) atoms. The van der Waals surface area contributed by atoms with E-state index < -0.39 is 26.5 Å². The summed E-state index contributed by atoms with van der Waals surface area (Å²) in [5.74, 6) is -1.40. The summed E-state index contributed by atoms with van der Waals surface area (Å²) < 4.78 is 29.9. The molecule has 0 bridgehead atoms. The quantitative estimate of drug-likeness (QED) is 0.451. The van der Waals surface area contributed by atoms with Gasteiger partial charge in [-0.1, -0.05) is 12.1 Å². The van der Waals surface area contributed by atoms with Crippen LogP contribution in [0.1, 0.15) is 11.8 Å². The molecule has 0 heterocycles. The fraction of sp³-hybridized carbons (Fsp3) is 0. The molecule has 1 aromatic rings. The fourth-order valence-electron chi connectivity index (χ4n) is 0.868. The first-order chi connectivity index (χ1) is 5.93. The SMILES string of the molecule is O=C(O)c1ccccc1S(=O)(=O)O.[H-].[K+]. The van der Waals surface area contributed by atoms with Crippen molar-refractivity contribution in [2.75, 3.05) is 0 Å². The Morgan fingerprint density at radius 2 is 1.79 bits per heavy atom. The molecule has 7 heteroatoms. The minimum Gasteiger partial charge on any atom is -1.00 e. The zero-order chi connectivity index (χ0) is 10.1. The van der Waals surface area contributed by atoms with Crippen molar-refractivity contribution in [3.05, 3.63) is 29.8 Å². The number of aromatic carboxylic acids is 1. The Balaban J connectivity index is 0. The molecular formula is C7H7KO5S. The molecule has 0 saturated heterocycles. The van der Waals surface area contributed by atoms with Crippen LogP contribution in [-0.2, 0) is 10.1 Å². The summed E-state index contributed by atoms with van der Waals surface area (Å²) in [6, 6.07) is 4.83. The Morgan fingerprint density at radius 3 is 2.14 bits per heavy atom. The van der Waals surface area contributed by atoms with Crippen LogP contribution >= 0.6 is 0 Å².